The van der Waals surface area contributed by atoms with Crippen LogP contribution in [0.3, 0.4) is 0 Å². The lowest BCUT2D eigenvalue weighted by Crippen LogP contribution is -2.00. The zero-order chi connectivity index (χ0) is 14.7. The number of carboxylic acids is 1. The molecule has 0 radical (unpaired) electrons. The van der Waals surface area contributed by atoms with E-state index in [1.165, 1.54) is 25.4 Å². The van der Waals surface area contributed by atoms with Crippen LogP contribution < -0.4 is 4.74 Å². The molecule has 0 bridgehead atoms. The topological polar surface area (TPSA) is 72.3 Å². The highest BCUT2D eigenvalue weighted by molar-refractivity contribution is 9.10. The van der Waals surface area contributed by atoms with Gasteiger partial charge in [-0.1, -0.05) is 0 Å². The molecule has 104 valence electrons. The number of carboxylic acid groups (broad SMARTS) is 1. The molecule has 1 aromatic heterocycles. The second kappa shape index (κ2) is 6.19. The fourth-order valence-corrected chi connectivity index (χ4v) is 2.48. The summed E-state index contributed by atoms with van der Waals surface area (Å²) < 4.78 is 18.9. The summed E-state index contributed by atoms with van der Waals surface area (Å²) in [5, 5.41) is 9.24. The molecule has 0 aliphatic carbocycles. The number of benzene rings is 1. The zero-order valence-corrected chi connectivity index (χ0v) is 12.5. The van der Waals surface area contributed by atoms with Crippen LogP contribution in [0.4, 0.5) is 4.39 Å². The van der Waals surface area contributed by atoms with Crippen molar-refractivity contribution in [1.82, 2.24) is 9.97 Å². The second-order valence-electron chi connectivity index (χ2n) is 3.56. The van der Waals surface area contributed by atoms with Gasteiger partial charge in [-0.2, -0.15) is 4.98 Å². The van der Waals surface area contributed by atoms with Gasteiger partial charge in [-0.3, -0.25) is 0 Å². The Morgan fingerprint density at radius 1 is 1.50 bits per heavy atom. The highest BCUT2D eigenvalue weighted by atomic mass is 79.9. The summed E-state index contributed by atoms with van der Waals surface area (Å²) in [6.45, 7) is 0. The van der Waals surface area contributed by atoms with Gasteiger partial charge in [0, 0.05) is 11.1 Å². The van der Waals surface area contributed by atoms with Gasteiger partial charge in [-0.05, 0) is 45.9 Å². The molecular weight excluding hydrogens is 351 g/mol. The fourth-order valence-electron chi connectivity index (χ4n) is 1.37. The van der Waals surface area contributed by atoms with Gasteiger partial charge in [-0.15, -0.1) is 0 Å². The lowest BCUT2D eigenvalue weighted by Gasteiger charge is -2.05. The number of methoxy groups -OCH3 is 1. The maximum Gasteiger partial charge on any atom is 0.338 e. The number of hydrogen-bond acceptors (Lipinski definition) is 5. The molecule has 0 atom stereocenters. The minimum Gasteiger partial charge on any atom is -0.480 e. The maximum atomic E-state index is 13.3. The molecule has 0 saturated carbocycles. The molecule has 1 heterocycles. The van der Waals surface area contributed by atoms with Crippen LogP contribution in [0, 0.1) is 5.82 Å². The van der Waals surface area contributed by atoms with E-state index >= 15 is 0 Å². The molecule has 0 aliphatic rings. The number of nitrogens with zero attached hydrogens (tertiary/aromatic N) is 2. The van der Waals surface area contributed by atoms with E-state index in [2.05, 4.69) is 25.9 Å². The summed E-state index contributed by atoms with van der Waals surface area (Å²) in [6, 6.07) is 3.80. The van der Waals surface area contributed by atoms with E-state index < -0.39 is 11.8 Å². The van der Waals surface area contributed by atoms with Gasteiger partial charge < -0.3 is 9.84 Å². The molecule has 0 amide bonds. The Morgan fingerprint density at radius 3 is 2.90 bits per heavy atom. The molecule has 1 N–H and O–H groups in total. The number of halogens is 2. The fraction of sp³-hybridized carbons (Fsp3) is 0.0833. The molecule has 0 unspecified atom stereocenters. The Bertz CT molecular complexity index is 669. The van der Waals surface area contributed by atoms with Crippen molar-refractivity contribution in [3.05, 3.63) is 40.2 Å². The maximum absolute atomic E-state index is 13.3. The van der Waals surface area contributed by atoms with Gasteiger partial charge in [0.25, 0.3) is 0 Å². The van der Waals surface area contributed by atoms with Crippen LogP contribution in [0.2, 0.25) is 0 Å². The van der Waals surface area contributed by atoms with Gasteiger partial charge in [0.2, 0.25) is 5.88 Å². The van der Waals surface area contributed by atoms with Crippen LogP contribution in [0.1, 0.15) is 10.4 Å². The molecule has 20 heavy (non-hydrogen) atoms. The first-order valence-electron chi connectivity index (χ1n) is 5.28. The Hall–Kier alpha value is -1.67. The van der Waals surface area contributed by atoms with Crippen LogP contribution in [-0.2, 0) is 0 Å². The quantitative estimate of drug-likeness (QED) is 0.845. The average molecular weight is 359 g/mol. The smallest absolute Gasteiger partial charge is 0.338 e. The first-order chi connectivity index (χ1) is 9.51. The van der Waals surface area contributed by atoms with Crippen molar-refractivity contribution in [3.63, 3.8) is 0 Å². The second-order valence-corrected chi connectivity index (χ2v) is 5.45. The number of carbonyl (C=O) groups is 1. The first-order valence-corrected chi connectivity index (χ1v) is 6.89. The Balaban J connectivity index is 2.30. The molecule has 2 rings (SSSR count). The Kier molecular flexibility index (Phi) is 4.56. The lowest BCUT2D eigenvalue weighted by atomic mass is 10.2. The summed E-state index contributed by atoms with van der Waals surface area (Å²) >= 11 is 4.34. The number of hydrogen-bond donors (Lipinski definition) is 1. The average Bonchev–Trinajstić information content (AvgIpc) is 2.42. The van der Waals surface area contributed by atoms with E-state index in [-0.39, 0.29) is 5.56 Å². The molecule has 2 aromatic rings. The van der Waals surface area contributed by atoms with Crippen molar-refractivity contribution in [2.45, 2.75) is 10.1 Å². The number of rotatable bonds is 4. The lowest BCUT2D eigenvalue weighted by molar-refractivity contribution is 0.0691. The predicted molar refractivity (Wildman–Crippen MR) is 73.8 cm³/mol. The zero-order valence-electron chi connectivity index (χ0n) is 10.1. The van der Waals surface area contributed by atoms with Crippen molar-refractivity contribution in [2.75, 3.05) is 7.11 Å². The summed E-state index contributed by atoms with van der Waals surface area (Å²) in [5.74, 6) is -1.74. The van der Waals surface area contributed by atoms with Gasteiger partial charge in [-0.25, -0.2) is 14.2 Å². The molecular formula is C12H8BrFN2O3S. The van der Waals surface area contributed by atoms with Crippen LogP contribution >= 0.6 is 27.7 Å². The van der Waals surface area contributed by atoms with E-state index in [0.717, 1.165) is 17.8 Å². The minimum atomic E-state index is -1.32. The summed E-state index contributed by atoms with van der Waals surface area (Å²) in [6.07, 6.45) is 1.52. The molecule has 0 fully saturated rings. The molecule has 8 heteroatoms. The third-order valence-corrected chi connectivity index (χ3v) is 3.67. The van der Waals surface area contributed by atoms with Gasteiger partial charge in [0.15, 0.2) is 5.16 Å². The van der Waals surface area contributed by atoms with Gasteiger partial charge >= 0.3 is 5.97 Å². The highest BCUT2D eigenvalue weighted by Crippen LogP contribution is 2.29. The standard InChI is InChI=1S/C12H8BrFN2O3S/c1-19-10-8(13)5-15-12(16-10)20-6-2-3-9(14)7(4-6)11(17)18/h2-5H,1H3,(H,17,18). The van der Waals surface area contributed by atoms with Crippen molar-refractivity contribution in [3.8, 4) is 5.88 Å². The normalized spacial score (nSPS) is 10.3. The molecule has 0 saturated heterocycles. The van der Waals surface area contributed by atoms with E-state index in [0.29, 0.717) is 20.4 Å². The Morgan fingerprint density at radius 2 is 2.25 bits per heavy atom. The van der Waals surface area contributed by atoms with Gasteiger partial charge in [0.05, 0.1) is 17.1 Å². The number of aromatic nitrogens is 2. The highest BCUT2D eigenvalue weighted by Gasteiger charge is 2.13. The summed E-state index contributed by atoms with van der Waals surface area (Å²) in [5.41, 5.74) is -0.390. The van der Waals surface area contributed by atoms with Crippen molar-refractivity contribution in [2.24, 2.45) is 0 Å². The number of aromatic carboxylic acids is 1. The monoisotopic (exact) mass is 358 g/mol. The van der Waals surface area contributed by atoms with Gasteiger partial charge in [0.1, 0.15) is 5.82 Å². The SMILES string of the molecule is COc1nc(Sc2ccc(F)c(C(=O)O)c2)ncc1Br. The third kappa shape index (κ3) is 3.26. The van der Waals surface area contributed by atoms with E-state index in [1.807, 2.05) is 0 Å². The van der Waals surface area contributed by atoms with E-state index in [1.54, 1.807) is 0 Å². The number of ether oxygens (including phenoxy) is 1. The molecule has 0 aliphatic heterocycles. The predicted octanol–water partition coefficient (Wildman–Crippen LogP) is 3.24. The summed E-state index contributed by atoms with van der Waals surface area (Å²) in [7, 11) is 1.47. The third-order valence-electron chi connectivity index (χ3n) is 2.26. The molecule has 1 aromatic carbocycles. The minimum absolute atomic E-state index is 0.364. The molecule has 0 spiro atoms. The van der Waals surface area contributed by atoms with Crippen molar-refractivity contribution >= 4 is 33.7 Å². The van der Waals surface area contributed by atoms with Crippen LogP contribution in [0.15, 0.2) is 38.9 Å². The van der Waals surface area contributed by atoms with E-state index in [9.17, 15) is 9.18 Å². The van der Waals surface area contributed by atoms with E-state index in [4.69, 9.17) is 9.84 Å². The van der Waals surface area contributed by atoms with Crippen LogP contribution in [0.5, 0.6) is 5.88 Å². The van der Waals surface area contributed by atoms with Crippen molar-refractivity contribution in [1.29, 1.82) is 0 Å². The summed E-state index contributed by atoms with van der Waals surface area (Å²) in [4.78, 5) is 19.6. The molecule has 5 nitrogen and oxygen atoms in total. The van der Waals surface area contributed by atoms with Crippen LogP contribution in [0.25, 0.3) is 0 Å². The first kappa shape index (κ1) is 14.7. The Labute approximate surface area is 126 Å². The largest absolute Gasteiger partial charge is 0.480 e. The van der Waals surface area contributed by atoms with Crippen LogP contribution in [-0.4, -0.2) is 28.2 Å². The van der Waals surface area contributed by atoms with Crippen molar-refractivity contribution < 1.29 is 19.0 Å².